The lowest BCUT2D eigenvalue weighted by Gasteiger charge is -2.49. The molecule has 3 heterocycles. The van der Waals surface area contributed by atoms with Gasteiger partial charge in [-0.2, -0.15) is 0 Å². The van der Waals surface area contributed by atoms with Crippen molar-refractivity contribution in [3.05, 3.63) is 23.9 Å². The lowest BCUT2D eigenvalue weighted by molar-refractivity contribution is 0.0262. The van der Waals surface area contributed by atoms with Crippen molar-refractivity contribution in [2.75, 3.05) is 18.4 Å². The lowest BCUT2D eigenvalue weighted by Crippen LogP contribution is -2.58. The zero-order chi connectivity index (χ0) is 19.6. The number of alkyl carbamates (subject to hydrolysis) is 1. The van der Waals surface area contributed by atoms with Crippen molar-refractivity contribution in [2.45, 2.75) is 58.6 Å². The third-order valence-electron chi connectivity index (χ3n) is 5.20. The molecule has 2 bridgehead atoms. The third kappa shape index (κ3) is 5.11. The summed E-state index contributed by atoms with van der Waals surface area (Å²) in [6, 6.07) is 5.61. The number of aryl methyl sites for hydroxylation is 1. The van der Waals surface area contributed by atoms with Crippen LogP contribution in [0.4, 0.5) is 15.4 Å². The number of carbonyl (C=O) groups excluding carboxylic acids is 2. The Hall–Kier alpha value is -2.31. The number of fused-ring (bicyclic) bond motifs is 3. The molecule has 1 aliphatic carbocycles. The molecule has 3 fully saturated rings. The molecule has 7 nitrogen and oxygen atoms in total. The molecule has 3 amide bonds. The number of rotatable bonds is 3. The van der Waals surface area contributed by atoms with Gasteiger partial charge in [-0.25, -0.2) is 14.6 Å². The molecule has 0 aromatic carbocycles. The highest BCUT2D eigenvalue weighted by molar-refractivity contribution is 5.88. The maximum absolute atomic E-state index is 12.8. The van der Waals surface area contributed by atoms with Gasteiger partial charge in [-0.15, -0.1) is 0 Å². The summed E-state index contributed by atoms with van der Waals surface area (Å²) in [5, 5.41) is 5.80. The summed E-state index contributed by atoms with van der Waals surface area (Å²) < 4.78 is 5.32. The van der Waals surface area contributed by atoms with Gasteiger partial charge in [0, 0.05) is 24.8 Å². The third-order valence-corrected chi connectivity index (χ3v) is 5.20. The van der Waals surface area contributed by atoms with Gasteiger partial charge in [0.05, 0.1) is 0 Å². The van der Waals surface area contributed by atoms with Crippen LogP contribution in [0, 0.1) is 18.8 Å². The van der Waals surface area contributed by atoms with Crippen molar-refractivity contribution in [3.63, 3.8) is 0 Å². The number of hydrogen-bond acceptors (Lipinski definition) is 4. The van der Waals surface area contributed by atoms with Gasteiger partial charge in [0.1, 0.15) is 11.4 Å². The van der Waals surface area contributed by atoms with Crippen molar-refractivity contribution in [2.24, 2.45) is 11.8 Å². The van der Waals surface area contributed by atoms with Gasteiger partial charge in [-0.05, 0) is 70.9 Å². The first-order valence-corrected chi connectivity index (χ1v) is 9.69. The number of ether oxygens (including phenoxy) is 1. The zero-order valence-electron chi connectivity index (χ0n) is 16.6. The van der Waals surface area contributed by atoms with E-state index in [0.717, 1.165) is 31.5 Å². The Balaban J connectivity index is 1.59. The first-order valence-electron chi connectivity index (χ1n) is 9.69. The summed E-state index contributed by atoms with van der Waals surface area (Å²) in [7, 11) is 0. The summed E-state index contributed by atoms with van der Waals surface area (Å²) in [6.45, 7) is 8.74. The highest BCUT2D eigenvalue weighted by Gasteiger charge is 2.43. The molecule has 148 valence electrons. The minimum atomic E-state index is -0.512. The zero-order valence-corrected chi connectivity index (χ0v) is 16.6. The van der Waals surface area contributed by atoms with Crippen molar-refractivity contribution in [1.82, 2.24) is 15.2 Å². The Morgan fingerprint density at radius 2 is 2.07 bits per heavy atom. The topological polar surface area (TPSA) is 83.6 Å². The van der Waals surface area contributed by atoms with E-state index in [0.29, 0.717) is 18.3 Å². The smallest absolute Gasteiger partial charge is 0.407 e. The van der Waals surface area contributed by atoms with Crippen molar-refractivity contribution >= 4 is 17.9 Å². The maximum Gasteiger partial charge on any atom is 0.407 e. The molecule has 2 saturated heterocycles. The highest BCUT2D eigenvalue weighted by Crippen LogP contribution is 2.39. The van der Waals surface area contributed by atoms with E-state index in [1.54, 1.807) is 6.07 Å². The summed E-state index contributed by atoms with van der Waals surface area (Å²) in [4.78, 5) is 31.0. The molecule has 3 atom stereocenters. The molecule has 27 heavy (non-hydrogen) atoms. The van der Waals surface area contributed by atoms with E-state index in [-0.39, 0.29) is 18.0 Å². The van der Waals surface area contributed by atoms with Gasteiger partial charge in [0.2, 0.25) is 0 Å². The Morgan fingerprint density at radius 1 is 1.30 bits per heavy atom. The minimum Gasteiger partial charge on any atom is -0.444 e. The van der Waals surface area contributed by atoms with E-state index in [1.165, 1.54) is 0 Å². The second-order valence-corrected chi connectivity index (χ2v) is 8.64. The number of anilines is 1. The second-order valence-electron chi connectivity index (χ2n) is 8.64. The molecule has 1 saturated carbocycles. The average Bonchev–Trinajstić information content (AvgIpc) is 2.59. The van der Waals surface area contributed by atoms with E-state index < -0.39 is 11.7 Å². The monoisotopic (exact) mass is 374 g/mol. The van der Waals surface area contributed by atoms with Gasteiger partial charge >= 0.3 is 12.1 Å². The number of piperidine rings is 2. The number of pyridine rings is 1. The summed E-state index contributed by atoms with van der Waals surface area (Å²) in [5.74, 6) is 1.31. The van der Waals surface area contributed by atoms with Crippen molar-refractivity contribution in [1.29, 1.82) is 0 Å². The van der Waals surface area contributed by atoms with Gasteiger partial charge < -0.3 is 15.0 Å². The molecule has 7 heteroatoms. The number of amides is 3. The summed E-state index contributed by atoms with van der Waals surface area (Å²) >= 11 is 0. The predicted molar refractivity (Wildman–Crippen MR) is 104 cm³/mol. The number of hydrogen-bond donors (Lipinski definition) is 2. The van der Waals surface area contributed by atoms with Gasteiger partial charge in [0.25, 0.3) is 0 Å². The normalized spacial score (nSPS) is 24.4. The molecule has 3 aliphatic rings. The van der Waals surface area contributed by atoms with Crippen molar-refractivity contribution in [3.8, 4) is 0 Å². The molecule has 0 spiro atoms. The molecule has 4 rings (SSSR count). The number of nitrogens with zero attached hydrogens (tertiary/aromatic N) is 2. The molecular weight excluding hydrogens is 344 g/mol. The van der Waals surface area contributed by atoms with Crippen LogP contribution >= 0.6 is 0 Å². The molecule has 1 aromatic rings. The number of aromatic nitrogens is 1. The van der Waals surface area contributed by atoms with Crippen LogP contribution in [-0.2, 0) is 4.74 Å². The van der Waals surface area contributed by atoms with E-state index >= 15 is 0 Å². The molecule has 3 unspecified atom stereocenters. The first-order chi connectivity index (χ1) is 12.7. The van der Waals surface area contributed by atoms with E-state index in [9.17, 15) is 9.59 Å². The quantitative estimate of drug-likeness (QED) is 0.847. The number of nitrogens with one attached hydrogen (secondary N) is 2. The largest absolute Gasteiger partial charge is 0.444 e. The van der Waals surface area contributed by atoms with Crippen molar-refractivity contribution < 1.29 is 14.3 Å². The van der Waals surface area contributed by atoms with Gasteiger partial charge in [-0.1, -0.05) is 6.07 Å². The van der Waals surface area contributed by atoms with Crippen LogP contribution in [0.2, 0.25) is 0 Å². The molecule has 1 aromatic heterocycles. The minimum absolute atomic E-state index is 0.107. The predicted octanol–water partition coefficient (Wildman–Crippen LogP) is 3.55. The Morgan fingerprint density at radius 3 is 2.74 bits per heavy atom. The van der Waals surface area contributed by atoms with Crippen LogP contribution in [0.15, 0.2) is 18.2 Å². The molecule has 0 radical (unpaired) electrons. The summed E-state index contributed by atoms with van der Waals surface area (Å²) in [5.41, 5.74) is 0.356. The Labute approximate surface area is 160 Å². The Kier molecular flexibility index (Phi) is 5.58. The average molecular weight is 374 g/mol. The number of urea groups is 1. The highest BCUT2D eigenvalue weighted by atomic mass is 16.6. The molecule has 2 N–H and O–H groups in total. The lowest BCUT2D eigenvalue weighted by atomic mass is 9.73. The summed E-state index contributed by atoms with van der Waals surface area (Å²) in [6.07, 6.45) is 2.75. The fourth-order valence-corrected chi connectivity index (χ4v) is 4.11. The maximum atomic E-state index is 12.8. The first kappa shape index (κ1) is 19.5. The van der Waals surface area contributed by atoms with Crippen LogP contribution in [-0.4, -0.2) is 46.7 Å². The van der Waals surface area contributed by atoms with E-state index in [2.05, 4.69) is 15.6 Å². The molecule has 2 aliphatic heterocycles. The van der Waals surface area contributed by atoms with Crippen LogP contribution in [0.25, 0.3) is 0 Å². The number of carbonyl (C=O) groups is 2. The fourth-order valence-electron chi connectivity index (χ4n) is 4.11. The van der Waals surface area contributed by atoms with E-state index in [1.807, 2.05) is 44.7 Å². The van der Waals surface area contributed by atoms with Crippen LogP contribution in [0.3, 0.4) is 0 Å². The molecular formula is C20H30N4O3. The van der Waals surface area contributed by atoms with Gasteiger partial charge in [-0.3, -0.25) is 5.32 Å². The van der Waals surface area contributed by atoms with Crippen LogP contribution in [0.1, 0.15) is 45.7 Å². The fraction of sp³-hybridized carbons (Fsp3) is 0.650. The Bertz CT molecular complexity index is 701. The van der Waals surface area contributed by atoms with Crippen LogP contribution in [0.5, 0.6) is 0 Å². The SMILES string of the molecule is Cc1cccc(NC(=O)N2CC3CCC2C(CNC(=O)OC(C)(C)C)C3)n1. The van der Waals surface area contributed by atoms with Gasteiger partial charge in [0.15, 0.2) is 0 Å². The standard InChI is InChI=1S/C20H30N4O3/c1-13-6-5-7-17(22-13)23-18(25)24-12-14-8-9-16(24)15(10-14)11-21-19(26)27-20(2,3)4/h5-7,14-16H,8-12H2,1-4H3,(H,21,26)(H,22,23,25). The van der Waals surface area contributed by atoms with Crippen LogP contribution < -0.4 is 10.6 Å². The second kappa shape index (κ2) is 7.74. The van der Waals surface area contributed by atoms with E-state index in [4.69, 9.17) is 4.74 Å².